The summed E-state index contributed by atoms with van der Waals surface area (Å²) in [6, 6.07) is 9.40. The van der Waals surface area contributed by atoms with Crippen molar-refractivity contribution in [3.8, 4) is 0 Å². The third-order valence-corrected chi connectivity index (χ3v) is 5.52. The average molecular weight is 363 g/mol. The van der Waals surface area contributed by atoms with Crippen LogP contribution in [0.2, 0.25) is 0 Å². The molecule has 0 radical (unpaired) electrons. The molecule has 1 unspecified atom stereocenters. The standard InChI is InChI=1S/C19H25NO6/c1-24-16(21)18(8-11-25-12-9-18)19(23)7-10-20(14-19)17(22)26-13-15-5-3-2-4-6-15/h2-6,23H,7-14H2,1H3. The first-order chi connectivity index (χ1) is 12.5. The number of β-amino-alcohol motifs (C(OH)–C–C–N with tert-alkyl or cyclic N) is 1. The maximum Gasteiger partial charge on any atom is 0.410 e. The Hall–Kier alpha value is -2.12. The molecular weight excluding hydrogens is 338 g/mol. The molecule has 3 rings (SSSR count). The van der Waals surface area contributed by atoms with Gasteiger partial charge in [-0.15, -0.1) is 0 Å². The first-order valence-corrected chi connectivity index (χ1v) is 8.85. The zero-order valence-electron chi connectivity index (χ0n) is 15.0. The number of benzene rings is 1. The summed E-state index contributed by atoms with van der Waals surface area (Å²) in [5.41, 5.74) is -1.49. The molecule has 1 N–H and O–H groups in total. The van der Waals surface area contributed by atoms with E-state index in [9.17, 15) is 14.7 Å². The second-order valence-corrected chi connectivity index (χ2v) is 6.93. The molecule has 1 amide bonds. The van der Waals surface area contributed by atoms with Crippen LogP contribution in [0.15, 0.2) is 30.3 Å². The lowest BCUT2D eigenvalue weighted by Gasteiger charge is -2.44. The van der Waals surface area contributed by atoms with Crippen LogP contribution in [0, 0.1) is 5.41 Å². The van der Waals surface area contributed by atoms with Crippen molar-refractivity contribution in [2.45, 2.75) is 31.5 Å². The van der Waals surface area contributed by atoms with Gasteiger partial charge in [0, 0.05) is 19.8 Å². The Labute approximate surface area is 152 Å². The van der Waals surface area contributed by atoms with Crippen molar-refractivity contribution in [3.63, 3.8) is 0 Å². The van der Waals surface area contributed by atoms with Crippen LogP contribution >= 0.6 is 0 Å². The van der Waals surface area contributed by atoms with Gasteiger partial charge in [-0.2, -0.15) is 0 Å². The molecule has 0 bridgehead atoms. The van der Waals surface area contributed by atoms with E-state index in [4.69, 9.17) is 14.2 Å². The lowest BCUT2D eigenvalue weighted by atomic mass is 9.66. The molecule has 2 aliphatic rings. The Balaban J connectivity index is 1.67. The fourth-order valence-electron chi connectivity index (χ4n) is 3.93. The van der Waals surface area contributed by atoms with E-state index in [1.54, 1.807) is 0 Å². The second-order valence-electron chi connectivity index (χ2n) is 6.93. The third kappa shape index (κ3) is 3.41. The van der Waals surface area contributed by atoms with Gasteiger partial charge in [0.2, 0.25) is 0 Å². The van der Waals surface area contributed by atoms with E-state index in [0.29, 0.717) is 39.0 Å². The van der Waals surface area contributed by atoms with E-state index in [-0.39, 0.29) is 13.2 Å². The van der Waals surface area contributed by atoms with Crippen molar-refractivity contribution in [1.82, 2.24) is 4.90 Å². The van der Waals surface area contributed by atoms with E-state index in [0.717, 1.165) is 5.56 Å². The van der Waals surface area contributed by atoms with Gasteiger partial charge in [0.1, 0.15) is 17.6 Å². The number of carbonyl (C=O) groups is 2. The average Bonchev–Trinajstić information content (AvgIpc) is 3.10. The summed E-state index contributed by atoms with van der Waals surface area (Å²) in [4.78, 5) is 26.3. The van der Waals surface area contributed by atoms with Crippen LogP contribution < -0.4 is 0 Å². The molecule has 0 spiro atoms. The highest BCUT2D eigenvalue weighted by molar-refractivity contribution is 5.79. The number of ether oxygens (including phenoxy) is 3. The minimum absolute atomic E-state index is 0.0513. The first-order valence-electron chi connectivity index (χ1n) is 8.85. The van der Waals surface area contributed by atoms with Crippen molar-refractivity contribution in [3.05, 3.63) is 35.9 Å². The molecule has 0 aromatic heterocycles. The van der Waals surface area contributed by atoms with Crippen LogP contribution in [0.5, 0.6) is 0 Å². The van der Waals surface area contributed by atoms with Gasteiger partial charge in [0.25, 0.3) is 0 Å². The van der Waals surface area contributed by atoms with Crippen LogP contribution in [-0.4, -0.2) is 61.1 Å². The smallest absolute Gasteiger partial charge is 0.410 e. The van der Waals surface area contributed by atoms with Crippen LogP contribution in [-0.2, 0) is 25.6 Å². The Morgan fingerprint density at radius 3 is 2.54 bits per heavy atom. The molecule has 7 nitrogen and oxygen atoms in total. The molecule has 2 fully saturated rings. The summed E-state index contributed by atoms with van der Waals surface area (Å²) < 4.78 is 15.7. The van der Waals surface area contributed by atoms with Gasteiger partial charge in [0.15, 0.2) is 0 Å². The molecule has 142 valence electrons. The van der Waals surface area contributed by atoms with Crippen molar-refractivity contribution in [2.75, 3.05) is 33.4 Å². The summed E-state index contributed by atoms with van der Waals surface area (Å²) in [5.74, 6) is -0.442. The van der Waals surface area contributed by atoms with Gasteiger partial charge in [-0.25, -0.2) is 4.79 Å². The van der Waals surface area contributed by atoms with Gasteiger partial charge >= 0.3 is 12.1 Å². The van der Waals surface area contributed by atoms with Crippen LogP contribution in [0.3, 0.4) is 0 Å². The number of aliphatic hydroxyl groups is 1. The van der Waals surface area contributed by atoms with Gasteiger partial charge in [-0.05, 0) is 24.8 Å². The largest absolute Gasteiger partial charge is 0.469 e. The van der Waals surface area contributed by atoms with Crippen molar-refractivity contribution in [1.29, 1.82) is 0 Å². The maximum absolute atomic E-state index is 12.5. The van der Waals surface area contributed by atoms with Crippen LogP contribution in [0.4, 0.5) is 4.79 Å². The molecule has 1 aromatic carbocycles. The van der Waals surface area contributed by atoms with E-state index >= 15 is 0 Å². The molecule has 2 heterocycles. The normalized spacial score (nSPS) is 24.9. The number of amides is 1. The molecule has 0 aliphatic carbocycles. The van der Waals surface area contributed by atoms with Gasteiger partial charge < -0.3 is 24.2 Å². The molecule has 1 atom stereocenters. The van der Waals surface area contributed by atoms with Gasteiger partial charge in [-0.3, -0.25) is 4.79 Å². The van der Waals surface area contributed by atoms with Crippen molar-refractivity contribution >= 4 is 12.1 Å². The molecule has 7 heteroatoms. The Bertz CT molecular complexity index is 643. The minimum Gasteiger partial charge on any atom is -0.469 e. The summed E-state index contributed by atoms with van der Waals surface area (Å²) >= 11 is 0. The number of esters is 1. The monoisotopic (exact) mass is 363 g/mol. The number of hydrogen-bond donors (Lipinski definition) is 1. The third-order valence-electron chi connectivity index (χ3n) is 5.52. The van der Waals surface area contributed by atoms with Crippen LogP contribution in [0.25, 0.3) is 0 Å². The van der Waals surface area contributed by atoms with E-state index in [2.05, 4.69) is 0 Å². The Kier molecular flexibility index (Phi) is 5.48. The van der Waals surface area contributed by atoms with Gasteiger partial charge in [0.05, 0.1) is 13.7 Å². The number of nitrogens with zero attached hydrogens (tertiary/aromatic N) is 1. The topological polar surface area (TPSA) is 85.3 Å². The lowest BCUT2D eigenvalue weighted by Crippen LogP contribution is -2.58. The number of rotatable bonds is 4. The lowest BCUT2D eigenvalue weighted by molar-refractivity contribution is -0.185. The highest BCUT2D eigenvalue weighted by atomic mass is 16.6. The second kappa shape index (κ2) is 7.63. The molecule has 1 aromatic rings. The predicted molar refractivity (Wildman–Crippen MR) is 92.3 cm³/mol. The molecule has 26 heavy (non-hydrogen) atoms. The molecule has 0 saturated carbocycles. The van der Waals surface area contributed by atoms with Crippen molar-refractivity contribution < 1.29 is 28.9 Å². The number of likely N-dealkylation sites (tertiary alicyclic amines) is 1. The predicted octanol–water partition coefficient (Wildman–Crippen LogP) is 1.73. The van der Waals surface area contributed by atoms with E-state index in [1.807, 2.05) is 30.3 Å². The Morgan fingerprint density at radius 2 is 1.88 bits per heavy atom. The van der Waals surface area contributed by atoms with E-state index < -0.39 is 23.1 Å². The Morgan fingerprint density at radius 1 is 1.19 bits per heavy atom. The maximum atomic E-state index is 12.5. The highest BCUT2D eigenvalue weighted by Crippen LogP contribution is 2.47. The summed E-state index contributed by atoms with van der Waals surface area (Å²) in [6.07, 6.45) is 0.575. The van der Waals surface area contributed by atoms with Crippen molar-refractivity contribution in [2.24, 2.45) is 5.41 Å². The quantitative estimate of drug-likeness (QED) is 0.820. The highest BCUT2D eigenvalue weighted by Gasteiger charge is 2.60. The summed E-state index contributed by atoms with van der Waals surface area (Å²) in [5, 5.41) is 11.3. The minimum atomic E-state index is -1.34. The van der Waals surface area contributed by atoms with Gasteiger partial charge in [-0.1, -0.05) is 30.3 Å². The number of methoxy groups -OCH3 is 1. The summed E-state index contributed by atoms with van der Waals surface area (Å²) in [7, 11) is 1.32. The van der Waals surface area contributed by atoms with Crippen LogP contribution in [0.1, 0.15) is 24.8 Å². The fraction of sp³-hybridized carbons (Fsp3) is 0.579. The zero-order valence-corrected chi connectivity index (χ0v) is 15.0. The molecule has 2 aliphatic heterocycles. The number of hydrogen-bond acceptors (Lipinski definition) is 6. The SMILES string of the molecule is COC(=O)C1(C2(O)CCN(C(=O)OCc3ccccc3)C2)CCOCC1. The fourth-order valence-corrected chi connectivity index (χ4v) is 3.93. The van der Waals surface area contributed by atoms with E-state index in [1.165, 1.54) is 12.0 Å². The number of carbonyl (C=O) groups excluding carboxylic acids is 2. The first kappa shape index (κ1) is 18.7. The zero-order chi connectivity index (χ0) is 18.6. The molecule has 2 saturated heterocycles. The molecular formula is C19H25NO6. The summed E-state index contributed by atoms with van der Waals surface area (Å²) in [6.45, 7) is 1.33.